The zero-order valence-corrected chi connectivity index (χ0v) is 18.0. The van der Waals surface area contributed by atoms with Gasteiger partial charge in [0.1, 0.15) is 0 Å². The molecule has 1 aromatic heterocycles. The SMILES string of the molecule is CCOC(=O)c1cc(NC(=O)Nc2c(Br)cc(C)cc2Br)c(C)nc1C. The number of hydrogen-bond donors (Lipinski definition) is 2. The zero-order chi connectivity index (χ0) is 19.4. The number of aryl methyl sites for hydroxylation is 3. The van der Waals surface area contributed by atoms with Gasteiger partial charge in [0.25, 0.3) is 0 Å². The van der Waals surface area contributed by atoms with Gasteiger partial charge in [0, 0.05) is 8.95 Å². The lowest BCUT2D eigenvalue weighted by molar-refractivity contribution is 0.0525. The molecule has 0 saturated carbocycles. The molecule has 8 heteroatoms. The van der Waals surface area contributed by atoms with Crippen LogP contribution in [0.2, 0.25) is 0 Å². The first-order valence-electron chi connectivity index (χ1n) is 7.92. The number of aromatic nitrogens is 1. The molecule has 0 bridgehead atoms. The number of anilines is 2. The van der Waals surface area contributed by atoms with Gasteiger partial charge in [-0.05, 0) is 83.3 Å². The molecule has 0 aliphatic carbocycles. The van der Waals surface area contributed by atoms with E-state index in [0.29, 0.717) is 28.3 Å². The largest absolute Gasteiger partial charge is 0.462 e. The van der Waals surface area contributed by atoms with Crippen molar-refractivity contribution in [3.8, 4) is 0 Å². The summed E-state index contributed by atoms with van der Waals surface area (Å²) in [5.41, 5.74) is 3.58. The third-order valence-electron chi connectivity index (χ3n) is 3.57. The molecule has 0 radical (unpaired) electrons. The fraction of sp³-hybridized carbons (Fsp3) is 0.278. The Morgan fingerprint density at radius 2 is 1.65 bits per heavy atom. The zero-order valence-electron chi connectivity index (χ0n) is 14.9. The van der Waals surface area contributed by atoms with Crippen molar-refractivity contribution in [3.05, 3.63) is 49.7 Å². The average Bonchev–Trinajstić information content (AvgIpc) is 2.53. The Morgan fingerprint density at radius 1 is 1.04 bits per heavy atom. The van der Waals surface area contributed by atoms with Crippen molar-refractivity contribution >= 4 is 55.2 Å². The number of ether oxygens (including phenoxy) is 1. The third kappa shape index (κ3) is 4.82. The molecule has 26 heavy (non-hydrogen) atoms. The monoisotopic (exact) mass is 483 g/mol. The van der Waals surface area contributed by atoms with Crippen molar-refractivity contribution in [2.75, 3.05) is 17.2 Å². The first-order chi connectivity index (χ1) is 12.2. The Kier molecular flexibility index (Phi) is 6.77. The summed E-state index contributed by atoms with van der Waals surface area (Å²) in [7, 11) is 0. The second-order valence-electron chi connectivity index (χ2n) is 5.66. The highest BCUT2D eigenvalue weighted by Gasteiger charge is 2.16. The molecule has 0 atom stereocenters. The number of rotatable bonds is 4. The van der Waals surface area contributed by atoms with Gasteiger partial charge in [-0.15, -0.1) is 0 Å². The van der Waals surface area contributed by atoms with E-state index >= 15 is 0 Å². The van der Waals surface area contributed by atoms with Crippen molar-refractivity contribution < 1.29 is 14.3 Å². The maximum atomic E-state index is 12.4. The van der Waals surface area contributed by atoms with Gasteiger partial charge in [0.2, 0.25) is 0 Å². The van der Waals surface area contributed by atoms with Crippen LogP contribution in [0, 0.1) is 20.8 Å². The summed E-state index contributed by atoms with van der Waals surface area (Å²) in [5, 5.41) is 5.51. The number of nitrogens with one attached hydrogen (secondary N) is 2. The van der Waals surface area contributed by atoms with Crippen LogP contribution in [0.5, 0.6) is 0 Å². The van der Waals surface area contributed by atoms with E-state index in [-0.39, 0.29) is 6.61 Å². The molecule has 2 aromatic rings. The molecule has 0 aliphatic rings. The Bertz CT molecular complexity index is 846. The number of pyridine rings is 1. The first kappa shape index (κ1) is 20.4. The van der Waals surface area contributed by atoms with Gasteiger partial charge < -0.3 is 15.4 Å². The Labute approximate surface area is 169 Å². The molecule has 0 unspecified atom stereocenters. The highest BCUT2D eigenvalue weighted by atomic mass is 79.9. The smallest absolute Gasteiger partial charge is 0.340 e. The summed E-state index contributed by atoms with van der Waals surface area (Å²) in [6.45, 7) is 7.44. The van der Waals surface area contributed by atoms with E-state index in [0.717, 1.165) is 14.5 Å². The molecule has 6 nitrogen and oxygen atoms in total. The van der Waals surface area contributed by atoms with E-state index < -0.39 is 12.0 Å². The van der Waals surface area contributed by atoms with Gasteiger partial charge in [0.15, 0.2) is 0 Å². The highest BCUT2D eigenvalue weighted by Crippen LogP contribution is 2.32. The minimum absolute atomic E-state index is 0.269. The molecule has 2 N–H and O–H groups in total. The molecule has 0 fully saturated rings. The summed E-state index contributed by atoms with van der Waals surface area (Å²) >= 11 is 6.88. The Morgan fingerprint density at radius 3 is 2.23 bits per heavy atom. The number of amides is 2. The lowest BCUT2D eigenvalue weighted by atomic mass is 10.1. The highest BCUT2D eigenvalue weighted by molar-refractivity contribution is 9.11. The number of benzene rings is 1. The molecular weight excluding hydrogens is 466 g/mol. The van der Waals surface area contributed by atoms with Crippen LogP contribution in [-0.4, -0.2) is 23.6 Å². The van der Waals surface area contributed by atoms with Gasteiger partial charge in [-0.1, -0.05) is 0 Å². The second-order valence-corrected chi connectivity index (χ2v) is 7.37. The molecule has 1 aromatic carbocycles. The van der Waals surface area contributed by atoms with Crippen molar-refractivity contribution in [3.63, 3.8) is 0 Å². The van der Waals surface area contributed by atoms with E-state index in [1.165, 1.54) is 0 Å². The van der Waals surface area contributed by atoms with E-state index in [1.807, 2.05) is 19.1 Å². The van der Waals surface area contributed by atoms with Crippen LogP contribution in [0.1, 0.15) is 34.2 Å². The Hall–Kier alpha value is -1.93. The first-order valence-corrected chi connectivity index (χ1v) is 9.50. The fourth-order valence-electron chi connectivity index (χ4n) is 2.35. The Balaban J connectivity index is 2.24. The summed E-state index contributed by atoms with van der Waals surface area (Å²) in [5.74, 6) is -0.468. The molecule has 0 saturated heterocycles. The molecule has 2 amide bonds. The van der Waals surface area contributed by atoms with E-state index in [4.69, 9.17) is 4.74 Å². The molecule has 0 spiro atoms. The maximum Gasteiger partial charge on any atom is 0.340 e. The van der Waals surface area contributed by atoms with Crippen molar-refractivity contribution in [1.29, 1.82) is 0 Å². The molecule has 138 valence electrons. The molecule has 1 heterocycles. The molecular formula is C18H19Br2N3O3. The van der Waals surface area contributed by atoms with Crippen LogP contribution in [0.4, 0.5) is 16.2 Å². The van der Waals surface area contributed by atoms with Crippen molar-refractivity contribution in [2.24, 2.45) is 0 Å². The lowest BCUT2D eigenvalue weighted by Crippen LogP contribution is -2.21. The summed E-state index contributed by atoms with van der Waals surface area (Å²) in [4.78, 5) is 28.8. The number of carbonyl (C=O) groups excluding carboxylic acids is 2. The standard InChI is InChI=1S/C18H19Br2N3O3/c1-5-26-17(24)12-8-15(11(4)21-10(12)3)22-18(25)23-16-13(19)6-9(2)7-14(16)20/h6-8H,5H2,1-4H3,(H2,22,23,25). The number of urea groups is 1. The van der Waals surface area contributed by atoms with Gasteiger partial charge in [-0.3, -0.25) is 4.98 Å². The quantitative estimate of drug-likeness (QED) is 0.573. The predicted molar refractivity (Wildman–Crippen MR) is 109 cm³/mol. The van der Waals surface area contributed by atoms with E-state index in [1.54, 1.807) is 26.8 Å². The topological polar surface area (TPSA) is 80.3 Å². The lowest BCUT2D eigenvalue weighted by Gasteiger charge is -2.14. The fourth-order valence-corrected chi connectivity index (χ4v) is 3.97. The van der Waals surface area contributed by atoms with Gasteiger partial charge in [0.05, 0.1) is 34.9 Å². The summed E-state index contributed by atoms with van der Waals surface area (Å²) in [6, 6.07) is 4.93. The van der Waals surface area contributed by atoms with Gasteiger partial charge in [-0.2, -0.15) is 0 Å². The normalized spacial score (nSPS) is 10.4. The average molecular weight is 485 g/mol. The van der Waals surface area contributed by atoms with Crippen LogP contribution < -0.4 is 10.6 Å². The van der Waals surface area contributed by atoms with Gasteiger partial charge in [-0.25, -0.2) is 9.59 Å². The van der Waals surface area contributed by atoms with E-state index in [2.05, 4.69) is 47.5 Å². The molecule has 0 aliphatic heterocycles. The second kappa shape index (κ2) is 8.64. The number of hydrogen-bond acceptors (Lipinski definition) is 4. The number of nitrogens with zero attached hydrogens (tertiary/aromatic N) is 1. The van der Waals surface area contributed by atoms with Crippen molar-refractivity contribution in [2.45, 2.75) is 27.7 Å². The van der Waals surface area contributed by atoms with Gasteiger partial charge >= 0.3 is 12.0 Å². The van der Waals surface area contributed by atoms with Crippen LogP contribution in [0.3, 0.4) is 0 Å². The van der Waals surface area contributed by atoms with E-state index in [9.17, 15) is 9.59 Å². The predicted octanol–water partition coefficient (Wildman–Crippen LogP) is 5.35. The van der Waals surface area contributed by atoms with Crippen LogP contribution in [-0.2, 0) is 4.74 Å². The number of halogens is 2. The van der Waals surface area contributed by atoms with Crippen LogP contribution in [0.15, 0.2) is 27.1 Å². The maximum absolute atomic E-state index is 12.4. The number of carbonyl (C=O) groups is 2. The minimum atomic E-state index is -0.468. The molecule has 2 rings (SSSR count). The van der Waals surface area contributed by atoms with Crippen LogP contribution in [0.25, 0.3) is 0 Å². The number of esters is 1. The van der Waals surface area contributed by atoms with Crippen LogP contribution >= 0.6 is 31.9 Å². The third-order valence-corrected chi connectivity index (χ3v) is 4.82. The summed E-state index contributed by atoms with van der Waals surface area (Å²) in [6.07, 6.45) is 0. The van der Waals surface area contributed by atoms with Crippen molar-refractivity contribution in [1.82, 2.24) is 4.98 Å². The minimum Gasteiger partial charge on any atom is -0.462 e. The summed E-state index contributed by atoms with van der Waals surface area (Å²) < 4.78 is 6.54.